The molecule has 1 aromatic carbocycles. The van der Waals surface area contributed by atoms with Crippen molar-refractivity contribution in [3.63, 3.8) is 0 Å². The Labute approximate surface area is 121 Å². The van der Waals surface area contributed by atoms with Crippen molar-refractivity contribution in [3.05, 3.63) is 29.5 Å². The number of piperazine rings is 1. The van der Waals surface area contributed by atoms with Crippen LogP contribution in [0.5, 0.6) is 0 Å². The highest BCUT2D eigenvalue weighted by Crippen LogP contribution is 2.30. The number of hydrogen-bond acceptors (Lipinski definition) is 4. The van der Waals surface area contributed by atoms with Crippen LogP contribution in [0, 0.1) is 0 Å². The molecule has 4 rings (SSSR count). The number of imidazole rings is 1. The van der Waals surface area contributed by atoms with E-state index in [0.29, 0.717) is 5.02 Å². The Balaban J connectivity index is 1.99. The molecule has 0 atom stereocenters. The smallest absolute Gasteiger partial charge is 0.157 e. The number of nitrogens with one attached hydrogen (secondary N) is 2. The van der Waals surface area contributed by atoms with Crippen LogP contribution >= 0.6 is 11.6 Å². The molecule has 1 saturated heterocycles. The first-order valence-electron chi connectivity index (χ1n) is 6.71. The molecule has 2 N–H and O–H groups in total. The highest BCUT2D eigenvalue weighted by molar-refractivity contribution is 6.31. The first-order chi connectivity index (χ1) is 9.83. The molecular weight excluding hydrogens is 274 g/mol. The van der Waals surface area contributed by atoms with Crippen molar-refractivity contribution >= 4 is 39.4 Å². The van der Waals surface area contributed by atoms with Crippen LogP contribution < -0.4 is 10.2 Å². The van der Waals surface area contributed by atoms with Gasteiger partial charge in [0.25, 0.3) is 0 Å². The maximum atomic E-state index is 6.09. The standard InChI is InChI=1S/C14H14ClN5/c15-9-1-2-11-10(7-9)12-13(18-8-17-12)14(19-11)20-5-3-16-4-6-20/h1-2,7-8,16H,3-6H2,(H,17,18). The highest BCUT2D eigenvalue weighted by Gasteiger charge is 2.18. The molecule has 0 bridgehead atoms. The quantitative estimate of drug-likeness (QED) is 0.720. The summed E-state index contributed by atoms with van der Waals surface area (Å²) in [6, 6.07) is 5.77. The van der Waals surface area contributed by atoms with Crippen LogP contribution in [0.1, 0.15) is 0 Å². The van der Waals surface area contributed by atoms with E-state index in [9.17, 15) is 0 Å². The molecule has 20 heavy (non-hydrogen) atoms. The van der Waals surface area contributed by atoms with Crippen LogP contribution in [0.2, 0.25) is 5.02 Å². The summed E-state index contributed by atoms with van der Waals surface area (Å²) in [7, 11) is 0. The summed E-state index contributed by atoms with van der Waals surface area (Å²) in [6.45, 7) is 3.86. The van der Waals surface area contributed by atoms with Crippen LogP contribution in [-0.4, -0.2) is 41.1 Å². The van der Waals surface area contributed by atoms with Gasteiger partial charge < -0.3 is 15.2 Å². The SMILES string of the molecule is Clc1ccc2nc(N3CCNCC3)c3nc[nH]c3c2c1. The van der Waals surface area contributed by atoms with E-state index >= 15 is 0 Å². The van der Waals surface area contributed by atoms with Crippen molar-refractivity contribution in [2.75, 3.05) is 31.1 Å². The van der Waals surface area contributed by atoms with Gasteiger partial charge in [-0.15, -0.1) is 0 Å². The van der Waals surface area contributed by atoms with Gasteiger partial charge in [0.05, 0.1) is 17.4 Å². The first kappa shape index (κ1) is 11.9. The van der Waals surface area contributed by atoms with E-state index in [1.54, 1.807) is 6.33 Å². The molecule has 2 aromatic heterocycles. The Bertz CT molecular complexity index is 776. The number of aromatic nitrogens is 3. The topological polar surface area (TPSA) is 56.8 Å². The largest absolute Gasteiger partial charge is 0.352 e. The van der Waals surface area contributed by atoms with Crippen LogP contribution in [0.25, 0.3) is 21.9 Å². The van der Waals surface area contributed by atoms with E-state index < -0.39 is 0 Å². The van der Waals surface area contributed by atoms with Gasteiger partial charge in [0.2, 0.25) is 0 Å². The molecule has 3 aromatic rings. The Morgan fingerprint density at radius 1 is 1.20 bits per heavy atom. The van der Waals surface area contributed by atoms with E-state index in [4.69, 9.17) is 16.6 Å². The van der Waals surface area contributed by atoms with Crippen molar-refractivity contribution in [1.82, 2.24) is 20.3 Å². The number of pyridine rings is 1. The molecule has 0 unspecified atom stereocenters. The van der Waals surface area contributed by atoms with Crippen molar-refractivity contribution in [1.29, 1.82) is 0 Å². The highest BCUT2D eigenvalue weighted by atomic mass is 35.5. The summed E-state index contributed by atoms with van der Waals surface area (Å²) in [5, 5.41) is 5.09. The Kier molecular flexibility index (Phi) is 2.75. The number of halogens is 1. The fourth-order valence-corrected chi connectivity index (χ4v) is 2.91. The number of benzene rings is 1. The van der Waals surface area contributed by atoms with Crippen LogP contribution in [-0.2, 0) is 0 Å². The maximum absolute atomic E-state index is 6.09. The predicted octanol–water partition coefficient (Wildman–Crippen LogP) is 2.17. The lowest BCUT2D eigenvalue weighted by atomic mass is 10.2. The summed E-state index contributed by atoms with van der Waals surface area (Å²) in [5.74, 6) is 0.956. The lowest BCUT2D eigenvalue weighted by Gasteiger charge is -2.28. The van der Waals surface area contributed by atoms with Crippen molar-refractivity contribution in [2.45, 2.75) is 0 Å². The minimum Gasteiger partial charge on any atom is -0.352 e. The van der Waals surface area contributed by atoms with E-state index in [1.807, 2.05) is 18.2 Å². The summed E-state index contributed by atoms with van der Waals surface area (Å²) in [5.41, 5.74) is 2.87. The van der Waals surface area contributed by atoms with Gasteiger partial charge >= 0.3 is 0 Å². The second kappa shape index (κ2) is 4.61. The molecular formula is C14H14ClN5. The third-order valence-electron chi connectivity index (χ3n) is 3.72. The van der Waals surface area contributed by atoms with Gasteiger partial charge in [-0.25, -0.2) is 9.97 Å². The monoisotopic (exact) mass is 287 g/mol. The van der Waals surface area contributed by atoms with E-state index in [0.717, 1.165) is 53.9 Å². The van der Waals surface area contributed by atoms with Crippen LogP contribution in [0.15, 0.2) is 24.5 Å². The van der Waals surface area contributed by atoms with Crippen molar-refractivity contribution in [2.24, 2.45) is 0 Å². The van der Waals surface area contributed by atoms with Crippen molar-refractivity contribution in [3.8, 4) is 0 Å². The summed E-state index contributed by atoms with van der Waals surface area (Å²) >= 11 is 6.09. The summed E-state index contributed by atoms with van der Waals surface area (Å²) < 4.78 is 0. The van der Waals surface area contributed by atoms with Gasteiger partial charge in [0.1, 0.15) is 5.52 Å². The fraction of sp³-hybridized carbons (Fsp3) is 0.286. The predicted molar refractivity (Wildman–Crippen MR) is 81.5 cm³/mol. The van der Waals surface area contributed by atoms with Gasteiger partial charge in [-0.3, -0.25) is 0 Å². The normalized spacial score (nSPS) is 16.1. The first-order valence-corrected chi connectivity index (χ1v) is 7.09. The fourth-order valence-electron chi connectivity index (χ4n) is 2.74. The number of aromatic amines is 1. The lowest BCUT2D eigenvalue weighted by molar-refractivity contribution is 0.586. The number of hydrogen-bond donors (Lipinski definition) is 2. The molecule has 6 heteroatoms. The molecule has 1 aliphatic rings. The second-order valence-electron chi connectivity index (χ2n) is 4.96. The molecule has 5 nitrogen and oxygen atoms in total. The summed E-state index contributed by atoms with van der Waals surface area (Å²) in [4.78, 5) is 14.8. The third kappa shape index (κ3) is 1.82. The second-order valence-corrected chi connectivity index (χ2v) is 5.40. The zero-order valence-electron chi connectivity index (χ0n) is 10.9. The van der Waals surface area contributed by atoms with Crippen molar-refractivity contribution < 1.29 is 0 Å². The number of H-pyrrole nitrogens is 1. The number of nitrogens with zero attached hydrogens (tertiary/aromatic N) is 3. The average Bonchev–Trinajstić information content (AvgIpc) is 2.97. The zero-order valence-corrected chi connectivity index (χ0v) is 11.6. The lowest BCUT2D eigenvalue weighted by Crippen LogP contribution is -2.44. The average molecular weight is 288 g/mol. The molecule has 0 radical (unpaired) electrons. The third-order valence-corrected chi connectivity index (χ3v) is 3.96. The molecule has 0 amide bonds. The van der Waals surface area contributed by atoms with Crippen LogP contribution in [0.3, 0.4) is 0 Å². The molecule has 1 fully saturated rings. The number of rotatable bonds is 1. The molecule has 0 aliphatic carbocycles. The molecule has 102 valence electrons. The molecule has 1 aliphatic heterocycles. The Morgan fingerprint density at radius 3 is 2.90 bits per heavy atom. The molecule has 0 saturated carbocycles. The molecule has 3 heterocycles. The number of anilines is 1. The van der Waals surface area contributed by atoms with Gasteiger partial charge in [-0.05, 0) is 18.2 Å². The van der Waals surface area contributed by atoms with E-state index in [-0.39, 0.29) is 0 Å². The zero-order chi connectivity index (χ0) is 13.5. The minimum absolute atomic E-state index is 0.713. The van der Waals surface area contributed by atoms with Gasteiger partial charge in [0, 0.05) is 36.6 Å². The van der Waals surface area contributed by atoms with Gasteiger partial charge in [-0.1, -0.05) is 11.6 Å². The Hall–Kier alpha value is -1.85. The van der Waals surface area contributed by atoms with E-state index in [1.165, 1.54) is 0 Å². The minimum atomic E-state index is 0.713. The summed E-state index contributed by atoms with van der Waals surface area (Å²) in [6.07, 6.45) is 1.72. The number of fused-ring (bicyclic) bond motifs is 3. The van der Waals surface area contributed by atoms with E-state index in [2.05, 4.69) is 20.2 Å². The van der Waals surface area contributed by atoms with Gasteiger partial charge in [0.15, 0.2) is 5.82 Å². The Morgan fingerprint density at radius 2 is 2.05 bits per heavy atom. The van der Waals surface area contributed by atoms with Crippen LogP contribution in [0.4, 0.5) is 5.82 Å². The molecule has 0 spiro atoms. The maximum Gasteiger partial charge on any atom is 0.157 e. The van der Waals surface area contributed by atoms with Gasteiger partial charge in [-0.2, -0.15) is 0 Å².